The summed E-state index contributed by atoms with van der Waals surface area (Å²) in [5.41, 5.74) is 1.71. The summed E-state index contributed by atoms with van der Waals surface area (Å²) in [6, 6.07) is 17.2. The molecule has 0 saturated carbocycles. The second kappa shape index (κ2) is 11.0. The lowest BCUT2D eigenvalue weighted by molar-refractivity contribution is -0.119. The molecule has 0 unspecified atom stereocenters. The molecule has 3 aromatic rings. The molecular weight excluding hydrogens is 394 g/mol. The van der Waals surface area contributed by atoms with Crippen molar-refractivity contribution in [3.63, 3.8) is 0 Å². The molecule has 1 aromatic heterocycles. The highest BCUT2D eigenvalue weighted by atomic mass is 32.2. The Morgan fingerprint density at radius 3 is 2.57 bits per heavy atom. The molecule has 0 fully saturated rings. The van der Waals surface area contributed by atoms with Crippen LogP contribution in [0.1, 0.15) is 51.1 Å². The van der Waals surface area contributed by atoms with E-state index in [0.717, 1.165) is 31.2 Å². The molecule has 0 radical (unpaired) electrons. The molecule has 2 aromatic carbocycles. The second-order valence-corrected chi connectivity index (χ2v) is 8.36. The van der Waals surface area contributed by atoms with Gasteiger partial charge in [-0.3, -0.25) is 14.2 Å². The number of amides is 1. The highest BCUT2D eigenvalue weighted by molar-refractivity contribution is 7.99. The largest absolute Gasteiger partial charge is 0.349 e. The number of nitrogens with zero attached hydrogens (tertiary/aromatic N) is 2. The van der Waals surface area contributed by atoms with Crippen molar-refractivity contribution >= 4 is 28.6 Å². The number of para-hydroxylation sites is 1. The first-order valence-corrected chi connectivity index (χ1v) is 11.6. The zero-order chi connectivity index (χ0) is 21.3. The quantitative estimate of drug-likeness (QED) is 0.285. The van der Waals surface area contributed by atoms with Gasteiger partial charge in [0.1, 0.15) is 0 Å². The molecule has 6 heteroatoms. The van der Waals surface area contributed by atoms with Crippen LogP contribution in [0.4, 0.5) is 0 Å². The third-order valence-corrected chi connectivity index (χ3v) is 6.05. The predicted octanol–water partition coefficient (Wildman–Crippen LogP) is 4.95. The van der Waals surface area contributed by atoms with Gasteiger partial charge in [0.05, 0.1) is 22.7 Å². The first kappa shape index (κ1) is 22.1. The zero-order valence-corrected chi connectivity index (χ0v) is 18.5. The number of hydrogen-bond donors (Lipinski definition) is 1. The lowest BCUT2D eigenvalue weighted by atomic mass is 10.1. The standard InChI is InChI=1S/C24H29N3O2S/c1-3-4-5-11-16-27-23(29)20-14-9-10-15-21(20)26-24(27)30-17-22(28)25-18(2)19-12-7-6-8-13-19/h6-10,12-15,18H,3-5,11,16-17H2,1-2H3,(H,25,28)/t18-/m1/s1. The van der Waals surface area contributed by atoms with Crippen molar-refractivity contribution in [2.24, 2.45) is 0 Å². The number of hydrogen-bond acceptors (Lipinski definition) is 4. The molecule has 1 amide bonds. The van der Waals surface area contributed by atoms with Crippen LogP contribution in [0.25, 0.3) is 10.9 Å². The van der Waals surface area contributed by atoms with Crippen LogP contribution >= 0.6 is 11.8 Å². The lowest BCUT2D eigenvalue weighted by Gasteiger charge is -2.15. The van der Waals surface area contributed by atoms with E-state index in [9.17, 15) is 9.59 Å². The Morgan fingerprint density at radius 1 is 1.07 bits per heavy atom. The van der Waals surface area contributed by atoms with Crippen LogP contribution in [0.3, 0.4) is 0 Å². The highest BCUT2D eigenvalue weighted by Crippen LogP contribution is 2.19. The van der Waals surface area contributed by atoms with Crippen LogP contribution < -0.4 is 10.9 Å². The van der Waals surface area contributed by atoms with E-state index >= 15 is 0 Å². The number of aromatic nitrogens is 2. The number of carbonyl (C=O) groups excluding carboxylic acids is 1. The number of nitrogens with one attached hydrogen (secondary N) is 1. The summed E-state index contributed by atoms with van der Waals surface area (Å²) in [5.74, 6) is 0.146. The van der Waals surface area contributed by atoms with Crippen LogP contribution in [0, 0.1) is 0 Å². The van der Waals surface area contributed by atoms with Gasteiger partial charge >= 0.3 is 0 Å². The lowest BCUT2D eigenvalue weighted by Crippen LogP contribution is -2.29. The second-order valence-electron chi connectivity index (χ2n) is 7.42. The van der Waals surface area contributed by atoms with E-state index in [-0.39, 0.29) is 23.3 Å². The van der Waals surface area contributed by atoms with Gasteiger partial charge in [-0.1, -0.05) is 80.4 Å². The average molecular weight is 424 g/mol. The minimum absolute atomic E-state index is 0.0299. The molecule has 5 nitrogen and oxygen atoms in total. The van der Waals surface area contributed by atoms with E-state index in [1.54, 1.807) is 4.57 Å². The minimum Gasteiger partial charge on any atom is -0.349 e. The first-order valence-electron chi connectivity index (χ1n) is 10.6. The van der Waals surface area contributed by atoms with Gasteiger partial charge in [-0.15, -0.1) is 0 Å². The fraction of sp³-hybridized carbons (Fsp3) is 0.375. The van der Waals surface area contributed by atoms with Crippen molar-refractivity contribution in [2.45, 2.75) is 57.3 Å². The molecule has 1 N–H and O–H groups in total. The summed E-state index contributed by atoms with van der Waals surface area (Å²) in [5, 5.41) is 4.26. The Morgan fingerprint density at radius 2 is 1.80 bits per heavy atom. The molecule has 0 bridgehead atoms. The highest BCUT2D eigenvalue weighted by Gasteiger charge is 2.14. The number of carbonyl (C=O) groups is 1. The topological polar surface area (TPSA) is 64.0 Å². The van der Waals surface area contributed by atoms with E-state index in [1.165, 1.54) is 11.8 Å². The number of rotatable bonds is 10. The van der Waals surface area contributed by atoms with E-state index in [0.29, 0.717) is 22.6 Å². The molecule has 1 atom stereocenters. The van der Waals surface area contributed by atoms with Gasteiger partial charge in [0.15, 0.2) is 5.16 Å². The summed E-state index contributed by atoms with van der Waals surface area (Å²) < 4.78 is 1.73. The SMILES string of the molecule is CCCCCCn1c(SCC(=O)N[C@H](C)c2ccccc2)nc2ccccc2c1=O. The Balaban J connectivity index is 1.73. The van der Waals surface area contributed by atoms with Crippen LogP contribution in [0.2, 0.25) is 0 Å². The summed E-state index contributed by atoms with van der Waals surface area (Å²) >= 11 is 1.32. The Labute approximate surface area is 181 Å². The van der Waals surface area contributed by atoms with Gasteiger partial charge in [-0.05, 0) is 31.0 Å². The molecule has 0 aliphatic rings. The molecule has 0 spiro atoms. The van der Waals surface area contributed by atoms with Crippen LogP contribution in [0.15, 0.2) is 64.5 Å². The zero-order valence-electron chi connectivity index (χ0n) is 17.6. The Hall–Kier alpha value is -2.60. The van der Waals surface area contributed by atoms with Crippen molar-refractivity contribution < 1.29 is 4.79 Å². The third kappa shape index (κ3) is 5.72. The van der Waals surface area contributed by atoms with Crippen LogP contribution in [-0.4, -0.2) is 21.2 Å². The Kier molecular flexibility index (Phi) is 8.08. The molecule has 30 heavy (non-hydrogen) atoms. The number of benzene rings is 2. The molecule has 158 valence electrons. The van der Waals surface area contributed by atoms with E-state index in [4.69, 9.17) is 4.98 Å². The van der Waals surface area contributed by atoms with E-state index in [2.05, 4.69) is 12.2 Å². The molecule has 1 heterocycles. The fourth-order valence-corrected chi connectivity index (χ4v) is 4.23. The van der Waals surface area contributed by atoms with E-state index < -0.39 is 0 Å². The smallest absolute Gasteiger partial charge is 0.262 e. The van der Waals surface area contributed by atoms with Crippen molar-refractivity contribution in [1.82, 2.24) is 14.9 Å². The number of fused-ring (bicyclic) bond motifs is 1. The fourth-order valence-electron chi connectivity index (χ4n) is 3.39. The van der Waals surface area contributed by atoms with Crippen molar-refractivity contribution in [3.8, 4) is 0 Å². The van der Waals surface area contributed by atoms with Gasteiger partial charge in [-0.2, -0.15) is 0 Å². The number of thioether (sulfide) groups is 1. The monoisotopic (exact) mass is 423 g/mol. The van der Waals surface area contributed by atoms with Crippen molar-refractivity contribution in [3.05, 3.63) is 70.5 Å². The maximum absolute atomic E-state index is 13.0. The average Bonchev–Trinajstić information content (AvgIpc) is 2.77. The summed E-state index contributed by atoms with van der Waals surface area (Å²) in [6.45, 7) is 4.76. The predicted molar refractivity (Wildman–Crippen MR) is 124 cm³/mol. The summed E-state index contributed by atoms with van der Waals surface area (Å²) in [4.78, 5) is 30.2. The van der Waals surface area contributed by atoms with Gasteiger partial charge in [0.2, 0.25) is 5.91 Å². The maximum atomic E-state index is 13.0. The van der Waals surface area contributed by atoms with Crippen LogP contribution in [-0.2, 0) is 11.3 Å². The molecule has 0 aliphatic carbocycles. The molecule has 3 rings (SSSR count). The summed E-state index contributed by atoms with van der Waals surface area (Å²) in [6.07, 6.45) is 4.30. The van der Waals surface area contributed by atoms with Gasteiger partial charge in [0.25, 0.3) is 5.56 Å². The van der Waals surface area contributed by atoms with Gasteiger partial charge in [-0.25, -0.2) is 4.98 Å². The molecule has 0 saturated heterocycles. The maximum Gasteiger partial charge on any atom is 0.262 e. The summed E-state index contributed by atoms with van der Waals surface area (Å²) in [7, 11) is 0. The van der Waals surface area contributed by atoms with Crippen molar-refractivity contribution in [2.75, 3.05) is 5.75 Å². The molecular formula is C24H29N3O2S. The normalized spacial score (nSPS) is 12.1. The Bertz CT molecular complexity index is 1030. The minimum atomic E-state index is -0.0729. The van der Waals surface area contributed by atoms with Gasteiger partial charge in [0, 0.05) is 6.54 Å². The first-order chi connectivity index (χ1) is 14.6. The van der Waals surface area contributed by atoms with Gasteiger partial charge < -0.3 is 5.32 Å². The number of unbranched alkanes of at least 4 members (excludes halogenated alkanes) is 3. The van der Waals surface area contributed by atoms with E-state index in [1.807, 2.05) is 61.5 Å². The molecule has 0 aliphatic heterocycles. The van der Waals surface area contributed by atoms with Crippen molar-refractivity contribution in [1.29, 1.82) is 0 Å². The third-order valence-electron chi connectivity index (χ3n) is 5.07. The van der Waals surface area contributed by atoms with Crippen LogP contribution in [0.5, 0.6) is 0 Å².